The van der Waals surface area contributed by atoms with Crippen molar-refractivity contribution in [1.82, 2.24) is 0 Å². The fraction of sp³-hybridized carbons (Fsp3) is 0.138. The maximum Gasteiger partial charge on any atom is 0.673 e. The number of hydrogen-bond donors (Lipinski definition) is 1. The molecule has 0 aliphatic rings. The largest absolute Gasteiger partial charge is 0.673 e. The molecule has 0 radical (unpaired) electrons. The molecule has 38 heavy (non-hydrogen) atoms. The molecule has 198 valence electrons. The molecule has 1 aromatic heterocycles. The van der Waals surface area contributed by atoms with E-state index < -0.39 is 7.25 Å². The first-order chi connectivity index (χ1) is 18.2. The second-order valence-electron chi connectivity index (χ2n) is 7.97. The monoisotopic (exact) mass is 525 g/mol. The van der Waals surface area contributed by atoms with Gasteiger partial charge in [0.05, 0.1) is 37.0 Å². The van der Waals surface area contributed by atoms with Gasteiger partial charge in [0.1, 0.15) is 0 Å². The molecule has 4 rings (SSSR count). The molecule has 0 aliphatic heterocycles. The molecular formula is C29H28BF4NO3. The predicted molar refractivity (Wildman–Crippen MR) is 145 cm³/mol. The van der Waals surface area contributed by atoms with Gasteiger partial charge >= 0.3 is 18.8 Å². The SMILES string of the molecule is CCOc1ccc(C(N)=Cc2cc(-c3ccccc3)cc(-c3ccccc3)[o+]2)cc1OCC.F[B-](F)(F)F. The summed E-state index contributed by atoms with van der Waals surface area (Å²) in [5, 5.41) is 0. The van der Waals surface area contributed by atoms with Crippen molar-refractivity contribution in [3.63, 3.8) is 0 Å². The van der Waals surface area contributed by atoms with Gasteiger partial charge in [-0.3, -0.25) is 0 Å². The first kappa shape index (κ1) is 28.3. The highest BCUT2D eigenvalue weighted by Crippen LogP contribution is 2.32. The first-order valence-corrected chi connectivity index (χ1v) is 12.0. The Bertz CT molecular complexity index is 1280. The third-order valence-corrected chi connectivity index (χ3v) is 5.15. The highest BCUT2D eigenvalue weighted by molar-refractivity contribution is 6.50. The van der Waals surface area contributed by atoms with Gasteiger partial charge < -0.3 is 32.5 Å². The third kappa shape index (κ3) is 8.69. The van der Waals surface area contributed by atoms with Crippen molar-refractivity contribution >= 4 is 19.0 Å². The topological polar surface area (TPSA) is 55.8 Å². The summed E-state index contributed by atoms with van der Waals surface area (Å²) in [7, 11) is -6.00. The van der Waals surface area contributed by atoms with Gasteiger partial charge in [0, 0.05) is 16.8 Å². The highest BCUT2D eigenvalue weighted by atomic mass is 19.5. The highest BCUT2D eigenvalue weighted by Gasteiger charge is 2.21. The van der Waals surface area contributed by atoms with Crippen molar-refractivity contribution in [3.8, 4) is 33.9 Å². The number of nitrogens with two attached hydrogens (primary N) is 1. The van der Waals surface area contributed by atoms with E-state index in [9.17, 15) is 17.3 Å². The second-order valence-corrected chi connectivity index (χ2v) is 7.97. The van der Waals surface area contributed by atoms with Crippen LogP contribution in [0.25, 0.3) is 34.2 Å². The molecule has 0 amide bonds. The predicted octanol–water partition coefficient (Wildman–Crippen LogP) is 8.45. The molecule has 2 N–H and O–H groups in total. The fourth-order valence-electron chi connectivity index (χ4n) is 3.60. The summed E-state index contributed by atoms with van der Waals surface area (Å²) in [6, 6.07) is 30.1. The minimum atomic E-state index is -6.00. The van der Waals surface area contributed by atoms with Crippen LogP contribution in [0.1, 0.15) is 25.2 Å². The first-order valence-electron chi connectivity index (χ1n) is 12.0. The maximum atomic E-state index is 9.75. The van der Waals surface area contributed by atoms with Crippen LogP contribution in [0.15, 0.2) is 95.4 Å². The molecular weight excluding hydrogens is 497 g/mol. The average molecular weight is 525 g/mol. The van der Waals surface area contributed by atoms with Gasteiger partial charge in [0.25, 0.3) is 0 Å². The lowest BCUT2D eigenvalue weighted by atomic mass is 10.0. The van der Waals surface area contributed by atoms with Crippen LogP contribution in [-0.2, 0) is 0 Å². The molecule has 4 aromatic rings. The van der Waals surface area contributed by atoms with Gasteiger partial charge in [-0.2, -0.15) is 0 Å². The van der Waals surface area contributed by atoms with E-state index in [1.54, 1.807) is 0 Å². The minimum Gasteiger partial charge on any atom is -0.490 e. The lowest BCUT2D eigenvalue weighted by Crippen LogP contribution is -2.02. The Balaban J connectivity index is 0.000000732. The Morgan fingerprint density at radius 1 is 0.737 bits per heavy atom. The number of rotatable bonds is 8. The standard InChI is InChI=1S/C29H28NO3.BF4/c1-3-31-27-16-15-23(18-29(27)32-4-2)26(30)20-25-17-24(21-11-7-5-8-12-21)19-28(33-25)22-13-9-6-10-14-22;2-1(3,4)5/h5-20H,3-4,30H2,1-2H3;/q+1;-1. The molecule has 0 atom stereocenters. The summed E-state index contributed by atoms with van der Waals surface area (Å²) in [5.74, 6) is 2.82. The van der Waals surface area contributed by atoms with E-state index in [4.69, 9.17) is 19.6 Å². The molecule has 3 aromatic carbocycles. The van der Waals surface area contributed by atoms with Crippen molar-refractivity contribution in [1.29, 1.82) is 0 Å². The van der Waals surface area contributed by atoms with Crippen molar-refractivity contribution in [2.45, 2.75) is 13.8 Å². The third-order valence-electron chi connectivity index (χ3n) is 5.15. The van der Waals surface area contributed by atoms with Gasteiger partial charge in [0.2, 0.25) is 0 Å². The van der Waals surface area contributed by atoms with E-state index in [2.05, 4.69) is 18.2 Å². The Labute approximate surface area is 219 Å². The van der Waals surface area contributed by atoms with Gasteiger partial charge in [-0.1, -0.05) is 48.5 Å². The van der Waals surface area contributed by atoms with E-state index in [-0.39, 0.29) is 0 Å². The van der Waals surface area contributed by atoms with Crippen LogP contribution >= 0.6 is 0 Å². The normalized spacial score (nSPS) is 11.4. The van der Waals surface area contributed by atoms with E-state index in [0.29, 0.717) is 36.2 Å². The maximum absolute atomic E-state index is 9.75. The van der Waals surface area contributed by atoms with Crippen LogP contribution in [-0.4, -0.2) is 20.5 Å². The average Bonchev–Trinajstić information content (AvgIpc) is 2.90. The molecule has 4 nitrogen and oxygen atoms in total. The quantitative estimate of drug-likeness (QED) is 0.143. The van der Waals surface area contributed by atoms with Crippen molar-refractivity contribution in [2.75, 3.05) is 13.2 Å². The zero-order valence-corrected chi connectivity index (χ0v) is 21.0. The summed E-state index contributed by atoms with van der Waals surface area (Å²) in [4.78, 5) is 0. The molecule has 0 fully saturated rings. The molecule has 0 aliphatic carbocycles. The smallest absolute Gasteiger partial charge is 0.490 e. The molecule has 1 heterocycles. The summed E-state index contributed by atoms with van der Waals surface area (Å²) >= 11 is 0. The summed E-state index contributed by atoms with van der Waals surface area (Å²) in [6.07, 6.45) is 1.85. The summed E-state index contributed by atoms with van der Waals surface area (Å²) in [5.41, 5.74) is 11.1. The van der Waals surface area contributed by atoms with Gasteiger partial charge in [0.15, 0.2) is 11.5 Å². The van der Waals surface area contributed by atoms with Gasteiger partial charge in [-0.05, 0) is 49.7 Å². The van der Waals surface area contributed by atoms with Crippen LogP contribution in [0, 0.1) is 0 Å². The number of hydrogen-bond acceptors (Lipinski definition) is 3. The van der Waals surface area contributed by atoms with Gasteiger partial charge in [-0.15, -0.1) is 0 Å². The Kier molecular flexibility index (Phi) is 9.93. The van der Waals surface area contributed by atoms with Crippen LogP contribution in [0.5, 0.6) is 11.5 Å². The Hall–Kier alpha value is -4.27. The summed E-state index contributed by atoms with van der Waals surface area (Å²) in [6.45, 7) is 5.00. The van der Waals surface area contributed by atoms with Crippen molar-refractivity contribution in [2.24, 2.45) is 5.73 Å². The Morgan fingerprint density at radius 2 is 1.29 bits per heavy atom. The van der Waals surface area contributed by atoms with Crippen LogP contribution < -0.4 is 15.2 Å². The minimum absolute atomic E-state index is 0.544. The number of benzene rings is 3. The lowest BCUT2D eigenvalue weighted by molar-refractivity contribution is 0.287. The van der Waals surface area contributed by atoms with Crippen LogP contribution in [0.3, 0.4) is 0 Å². The fourth-order valence-corrected chi connectivity index (χ4v) is 3.60. The van der Waals surface area contributed by atoms with E-state index >= 15 is 0 Å². The lowest BCUT2D eigenvalue weighted by Gasteiger charge is -2.12. The number of halogens is 4. The van der Waals surface area contributed by atoms with E-state index in [1.807, 2.05) is 92.7 Å². The molecule has 0 unspecified atom stereocenters. The molecule has 9 heteroatoms. The zero-order chi connectivity index (χ0) is 27.5. The van der Waals surface area contributed by atoms with Crippen LogP contribution in [0.4, 0.5) is 17.3 Å². The van der Waals surface area contributed by atoms with E-state index in [1.165, 1.54) is 0 Å². The van der Waals surface area contributed by atoms with Crippen molar-refractivity contribution in [3.05, 3.63) is 102 Å². The molecule has 0 saturated carbocycles. The number of ether oxygens (including phenoxy) is 2. The zero-order valence-electron chi connectivity index (χ0n) is 21.0. The van der Waals surface area contributed by atoms with Gasteiger partial charge in [-0.25, -0.2) is 4.42 Å². The molecule has 0 saturated heterocycles. The molecule has 0 bridgehead atoms. The van der Waals surface area contributed by atoms with E-state index in [0.717, 1.165) is 28.0 Å². The molecule has 0 spiro atoms. The second kappa shape index (κ2) is 13.3. The van der Waals surface area contributed by atoms with Crippen molar-refractivity contribution < 1.29 is 31.2 Å². The Morgan fingerprint density at radius 3 is 1.87 bits per heavy atom. The van der Waals surface area contributed by atoms with Crippen LogP contribution in [0.2, 0.25) is 0 Å². The summed E-state index contributed by atoms with van der Waals surface area (Å²) < 4.78 is 56.7.